The molecule has 1 N–H and O–H groups in total. The van der Waals surface area contributed by atoms with Crippen molar-refractivity contribution in [2.45, 2.75) is 24.9 Å². The lowest BCUT2D eigenvalue weighted by atomic mass is 9.96. The second-order valence-corrected chi connectivity index (χ2v) is 8.00. The zero-order valence-electron chi connectivity index (χ0n) is 15.9. The van der Waals surface area contributed by atoms with E-state index in [1.54, 1.807) is 0 Å². The summed E-state index contributed by atoms with van der Waals surface area (Å²) in [4.78, 5) is 14.0. The third-order valence-corrected chi connectivity index (χ3v) is 5.99. The third-order valence-electron chi connectivity index (χ3n) is 5.26. The molecule has 1 heterocycles. The third kappa shape index (κ3) is 4.36. The zero-order chi connectivity index (χ0) is 20.2. The topological polar surface area (TPSA) is 49.8 Å². The van der Waals surface area contributed by atoms with Gasteiger partial charge in [0.15, 0.2) is 0 Å². The Morgan fingerprint density at radius 2 is 1.72 bits per heavy atom. The maximum absolute atomic E-state index is 11.9. The van der Waals surface area contributed by atoms with Gasteiger partial charge in [0.2, 0.25) is 0 Å². The van der Waals surface area contributed by atoms with Crippen LogP contribution in [-0.2, 0) is 4.79 Å². The van der Waals surface area contributed by atoms with Crippen molar-refractivity contribution in [1.82, 2.24) is 4.90 Å². The molecule has 29 heavy (non-hydrogen) atoms. The molecular formula is C24H22BrNO3. The van der Waals surface area contributed by atoms with Gasteiger partial charge in [0, 0.05) is 11.0 Å². The standard InChI is InChI=1S/C24H22BrNO3/c25-21-13-5-4-12-20(21)23(26-15-7-14-22(26)24(27)28)17-8-6-11-19(16-17)29-18-9-2-1-3-10-18/h1-6,8-13,16,22-23H,7,14-15H2,(H,27,28). The van der Waals surface area contributed by atoms with Crippen LogP contribution in [0.15, 0.2) is 83.3 Å². The Morgan fingerprint density at radius 3 is 2.48 bits per heavy atom. The fraction of sp³-hybridized carbons (Fsp3) is 0.208. The number of carboxylic acid groups (broad SMARTS) is 1. The predicted molar refractivity (Wildman–Crippen MR) is 116 cm³/mol. The molecule has 0 bridgehead atoms. The lowest BCUT2D eigenvalue weighted by molar-refractivity contribution is -0.142. The van der Waals surface area contributed by atoms with Crippen LogP contribution in [0.5, 0.6) is 11.5 Å². The summed E-state index contributed by atoms with van der Waals surface area (Å²) in [5, 5.41) is 9.77. The first-order valence-corrected chi connectivity index (χ1v) is 10.5. The normalized spacial score (nSPS) is 17.8. The Kier molecular flexibility index (Phi) is 5.97. The Bertz CT molecular complexity index is 992. The molecule has 0 amide bonds. The van der Waals surface area contributed by atoms with Crippen LogP contribution in [0.25, 0.3) is 0 Å². The molecule has 1 aliphatic rings. The van der Waals surface area contributed by atoms with Crippen molar-refractivity contribution in [2.75, 3.05) is 6.54 Å². The number of aliphatic carboxylic acids is 1. The van der Waals surface area contributed by atoms with E-state index >= 15 is 0 Å². The molecule has 148 valence electrons. The van der Waals surface area contributed by atoms with Crippen LogP contribution in [-0.4, -0.2) is 28.6 Å². The second kappa shape index (κ2) is 8.80. The largest absolute Gasteiger partial charge is 0.480 e. The molecule has 3 aromatic carbocycles. The van der Waals surface area contributed by atoms with E-state index in [0.29, 0.717) is 6.42 Å². The van der Waals surface area contributed by atoms with E-state index in [0.717, 1.165) is 40.1 Å². The summed E-state index contributed by atoms with van der Waals surface area (Å²) in [6, 6.07) is 24.9. The number of halogens is 1. The minimum absolute atomic E-state index is 0.173. The van der Waals surface area contributed by atoms with E-state index in [9.17, 15) is 9.90 Å². The summed E-state index contributed by atoms with van der Waals surface area (Å²) >= 11 is 3.67. The Balaban J connectivity index is 1.75. The maximum Gasteiger partial charge on any atom is 0.320 e. The van der Waals surface area contributed by atoms with Crippen molar-refractivity contribution in [2.24, 2.45) is 0 Å². The van der Waals surface area contributed by atoms with Gasteiger partial charge in [-0.2, -0.15) is 0 Å². The first-order valence-electron chi connectivity index (χ1n) is 9.69. The van der Waals surface area contributed by atoms with Crippen molar-refractivity contribution in [1.29, 1.82) is 0 Å². The highest BCUT2D eigenvalue weighted by Crippen LogP contribution is 2.39. The number of benzene rings is 3. The van der Waals surface area contributed by atoms with E-state index < -0.39 is 12.0 Å². The van der Waals surface area contributed by atoms with Crippen LogP contribution in [0.3, 0.4) is 0 Å². The van der Waals surface area contributed by atoms with Gasteiger partial charge < -0.3 is 9.84 Å². The van der Waals surface area contributed by atoms with Gasteiger partial charge in [-0.15, -0.1) is 0 Å². The van der Waals surface area contributed by atoms with E-state index in [2.05, 4.69) is 26.9 Å². The highest BCUT2D eigenvalue weighted by atomic mass is 79.9. The minimum Gasteiger partial charge on any atom is -0.480 e. The van der Waals surface area contributed by atoms with Gasteiger partial charge in [-0.3, -0.25) is 9.69 Å². The van der Waals surface area contributed by atoms with Crippen molar-refractivity contribution >= 4 is 21.9 Å². The molecule has 4 nitrogen and oxygen atoms in total. The van der Waals surface area contributed by atoms with Crippen LogP contribution in [0, 0.1) is 0 Å². The molecule has 0 saturated carbocycles. The Labute approximate surface area is 178 Å². The molecule has 0 aliphatic carbocycles. The Morgan fingerprint density at radius 1 is 1.00 bits per heavy atom. The van der Waals surface area contributed by atoms with Crippen molar-refractivity contribution < 1.29 is 14.6 Å². The quantitative estimate of drug-likeness (QED) is 0.508. The smallest absolute Gasteiger partial charge is 0.320 e. The summed E-state index contributed by atoms with van der Waals surface area (Å²) in [6.45, 7) is 0.743. The summed E-state index contributed by atoms with van der Waals surface area (Å²) in [5.41, 5.74) is 2.07. The van der Waals surface area contributed by atoms with E-state index in [1.165, 1.54) is 0 Å². The molecule has 2 atom stereocenters. The summed E-state index contributed by atoms with van der Waals surface area (Å²) in [6.07, 6.45) is 1.54. The average molecular weight is 452 g/mol. The van der Waals surface area contributed by atoms with Crippen LogP contribution in [0.4, 0.5) is 0 Å². The lowest BCUT2D eigenvalue weighted by Crippen LogP contribution is -2.39. The molecule has 2 unspecified atom stereocenters. The first-order chi connectivity index (χ1) is 14.1. The van der Waals surface area contributed by atoms with Gasteiger partial charge in [0.1, 0.15) is 17.5 Å². The molecule has 0 radical (unpaired) electrons. The molecule has 5 heteroatoms. The number of ether oxygens (including phenoxy) is 1. The number of rotatable bonds is 6. The van der Waals surface area contributed by atoms with E-state index in [-0.39, 0.29) is 6.04 Å². The van der Waals surface area contributed by atoms with E-state index in [1.807, 2.05) is 72.8 Å². The summed E-state index contributed by atoms with van der Waals surface area (Å²) < 4.78 is 6.99. The molecule has 1 fully saturated rings. The number of nitrogens with zero attached hydrogens (tertiary/aromatic N) is 1. The highest BCUT2D eigenvalue weighted by Gasteiger charge is 2.37. The van der Waals surface area contributed by atoms with Crippen LogP contribution < -0.4 is 4.74 Å². The highest BCUT2D eigenvalue weighted by molar-refractivity contribution is 9.10. The molecule has 0 spiro atoms. The number of carbonyl (C=O) groups is 1. The van der Waals surface area contributed by atoms with Gasteiger partial charge in [-0.25, -0.2) is 0 Å². The maximum atomic E-state index is 11.9. The SMILES string of the molecule is O=C(O)C1CCCN1C(c1cccc(Oc2ccccc2)c1)c1ccccc1Br. The molecule has 1 saturated heterocycles. The average Bonchev–Trinajstić information content (AvgIpc) is 3.21. The van der Waals surface area contributed by atoms with Crippen LogP contribution in [0.1, 0.15) is 30.0 Å². The van der Waals surface area contributed by atoms with Crippen molar-refractivity contribution in [3.63, 3.8) is 0 Å². The fourth-order valence-electron chi connectivity index (χ4n) is 3.98. The number of hydrogen-bond acceptors (Lipinski definition) is 3. The second-order valence-electron chi connectivity index (χ2n) is 7.15. The molecule has 1 aliphatic heterocycles. The predicted octanol–water partition coefficient (Wildman–Crippen LogP) is 5.88. The monoisotopic (exact) mass is 451 g/mol. The summed E-state index contributed by atoms with van der Waals surface area (Å²) in [7, 11) is 0. The van der Waals surface area contributed by atoms with Gasteiger partial charge in [0.05, 0.1) is 6.04 Å². The van der Waals surface area contributed by atoms with Crippen molar-refractivity contribution in [3.05, 3.63) is 94.5 Å². The van der Waals surface area contributed by atoms with Gasteiger partial charge in [-0.05, 0) is 54.3 Å². The molecule has 3 aromatic rings. The van der Waals surface area contributed by atoms with Crippen LogP contribution in [0.2, 0.25) is 0 Å². The number of carboxylic acids is 1. The molecule has 4 rings (SSSR count). The van der Waals surface area contributed by atoms with Gasteiger partial charge in [0.25, 0.3) is 0 Å². The number of para-hydroxylation sites is 1. The fourth-order valence-corrected chi connectivity index (χ4v) is 4.48. The Hall–Kier alpha value is -2.63. The van der Waals surface area contributed by atoms with Gasteiger partial charge >= 0.3 is 5.97 Å². The number of hydrogen-bond donors (Lipinski definition) is 1. The first kappa shape index (κ1) is 19.7. The summed E-state index contributed by atoms with van der Waals surface area (Å²) in [5.74, 6) is 0.736. The number of likely N-dealkylation sites (tertiary alicyclic amines) is 1. The molecular weight excluding hydrogens is 430 g/mol. The van der Waals surface area contributed by atoms with Gasteiger partial charge in [-0.1, -0.05) is 64.5 Å². The van der Waals surface area contributed by atoms with Crippen LogP contribution >= 0.6 is 15.9 Å². The minimum atomic E-state index is -0.767. The zero-order valence-corrected chi connectivity index (χ0v) is 17.5. The van der Waals surface area contributed by atoms with Crippen molar-refractivity contribution in [3.8, 4) is 11.5 Å². The molecule has 0 aromatic heterocycles. The van der Waals surface area contributed by atoms with E-state index in [4.69, 9.17) is 4.74 Å². The lowest BCUT2D eigenvalue weighted by Gasteiger charge is -2.32.